The van der Waals surface area contributed by atoms with E-state index >= 15 is 0 Å². The van der Waals surface area contributed by atoms with E-state index in [9.17, 15) is 13.2 Å². The molecule has 0 atom stereocenters. The van der Waals surface area contributed by atoms with Crippen LogP contribution in [-0.2, 0) is 17.1 Å². The predicted octanol–water partition coefficient (Wildman–Crippen LogP) is 1.94. The minimum Gasteiger partial charge on any atom is -0.477 e. The second-order valence-corrected chi connectivity index (χ2v) is 6.84. The molecule has 0 spiro atoms. The Labute approximate surface area is 123 Å². The van der Waals surface area contributed by atoms with Gasteiger partial charge in [-0.15, -0.1) is 11.3 Å². The van der Waals surface area contributed by atoms with Crippen LogP contribution >= 0.6 is 22.9 Å². The standard InChI is InChI=1S/C10H10ClN3O4S2/c1-5-4-19-8(10(15)16)7(5)13-20(17,18)9-6(11)3-12-14(9)2/h3-4,13H,1-2H3,(H,15,16). The highest BCUT2D eigenvalue weighted by Crippen LogP contribution is 2.31. The lowest BCUT2D eigenvalue weighted by Gasteiger charge is -2.09. The highest BCUT2D eigenvalue weighted by molar-refractivity contribution is 7.92. The number of carboxylic acid groups (broad SMARTS) is 1. The Balaban J connectivity index is 2.50. The normalized spacial score (nSPS) is 11.6. The number of anilines is 1. The van der Waals surface area contributed by atoms with E-state index < -0.39 is 16.0 Å². The highest BCUT2D eigenvalue weighted by atomic mass is 35.5. The molecule has 0 fully saturated rings. The molecule has 2 rings (SSSR count). The molecule has 0 amide bonds. The van der Waals surface area contributed by atoms with Crippen molar-refractivity contribution in [2.75, 3.05) is 4.72 Å². The van der Waals surface area contributed by atoms with Gasteiger partial charge in [-0.05, 0) is 17.9 Å². The van der Waals surface area contributed by atoms with Crippen molar-refractivity contribution in [3.63, 3.8) is 0 Å². The molecule has 0 saturated heterocycles. The van der Waals surface area contributed by atoms with E-state index in [2.05, 4.69) is 9.82 Å². The summed E-state index contributed by atoms with van der Waals surface area (Å²) in [6.07, 6.45) is 1.20. The largest absolute Gasteiger partial charge is 0.477 e. The van der Waals surface area contributed by atoms with E-state index in [1.165, 1.54) is 13.2 Å². The predicted molar refractivity (Wildman–Crippen MR) is 75.0 cm³/mol. The molecule has 0 aliphatic carbocycles. The molecule has 10 heteroatoms. The molecule has 108 valence electrons. The minimum absolute atomic E-state index is 0.0373. The Morgan fingerprint density at radius 1 is 1.55 bits per heavy atom. The topological polar surface area (TPSA) is 101 Å². The number of rotatable bonds is 4. The fraction of sp³-hybridized carbons (Fsp3) is 0.200. The summed E-state index contributed by atoms with van der Waals surface area (Å²) in [6.45, 7) is 1.62. The van der Waals surface area contributed by atoms with Crippen LogP contribution in [0.4, 0.5) is 5.69 Å². The van der Waals surface area contributed by atoms with Gasteiger partial charge in [0.15, 0.2) is 5.03 Å². The number of aromatic nitrogens is 2. The van der Waals surface area contributed by atoms with Gasteiger partial charge < -0.3 is 5.11 Å². The van der Waals surface area contributed by atoms with E-state index in [4.69, 9.17) is 16.7 Å². The summed E-state index contributed by atoms with van der Waals surface area (Å²) in [5.74, 6) is -1.20. The molecule has 0 aliphatic heterocycles. The van der Waals surface area contributed by atoms with Gasteiger partial charge in [0.05, 0.1) is 16.9 Å². The van der Waals surface area contributed by atoms with Gasteiger partial charge >= 0.3 is 5.97 Å². The smallest absolute Gasteiger partial charge is 0.348 e. The van der Waals surface area contributed by atoms with E-state index in [1.54, 1.807) is 12.3 Å². The fourth-order valence-corrected chi connectivity index (χ4v) is 4.32. The summed E-state index contributed by atoms with van der Waals surface area (Å²) in [5, 5.41) is 14.1. The maximum atomic E-state index is 12.3. The van der Waals surface area contributed by atoms with Crippen LogP contribution in [0.1, 0.15) is 15.2 Å². The lowest BCUT2D eigenvalue weighted by molar-refractivity contribution is 0.0703. The number of aryl methyl sites for hydroxylation is 2. The van der Waals surface area contributed by atoms with Gasteiger partial charge in [-0.2, -0.15) is 13.5 Å². The Bertz CT molecular complexity index is 759. The van der Waals surface area contributed by atoms with Crippen LogP contribution in [0.15, 0.2) is 16.6 Å². The molecular weight excluding hydrogens is 326 g/mol. The summed E-state index contributed by atoms with van der Waals surface area (Å²) in [5.41, 5.74) is 0.564. The third kappa shape index (κ3) is 2.51. The summed E-state index contributed by atoms with van der Waals surface area (Å²) in [4.78, 5) is 11.0. The van der Waals surface area contributed by atoms with Crippen LogP contribution in [0.25, 0.3) is 0 Å². The Hall–Kier alpha value is -1.58. The van der Waals surface area contributed by atoms with Crippen molar-refractivity contribution in [3.05, 3.63) is 27.0 Å². The van der Waals surface area contributed by atoms with Crippen molar-refractivity contribution in [1.82, 2.24) is 9.78 Å². The van der Waals surface area contributed by atoms with Crippen molar-refractivity contribution in [2.24, 2.45) is 7.05 Å². The van der Waals surface area contributed by atoms with Crippen LogP contribution in [0.2, 0.25) is 5.02 Å². The molecule has 2 aromatic heterocycles. The fourth-order valence-electron chi connectivity index (χ4n) is 1.61. The second-order valence-electron chi connectivity index (χ2n) is 3.95. The van der Waals surface area contributed by atoms with Crippen molar-refractivity contribution in [3.8, 4) is 0 Å². The van der Waals surface area contributed by atoms with Gasteiger partial charge in [0.25, 0.3) is 10.0 Å². The molecule has 0 aliphatic rings. The number of halogens is 1. The average Bonchev–Trinajstić information content (AvgIpc) is 2.84. The lowest BCUT2D eigenvalue weighted by Crippen LogP contribution is -2.18. The number of carbonyl (C=O) groups is 1. The minimum atomic E-state index is -4.02. The molecule has 0 aromatic carbocycles. The van der Waals surface area contributed by atoms with E-state index in [1.807, 2.05) is 0 Å². The van der Waals surface area contributed by atoms with Crippen molar-refractivity contribution >= 4 is 44.6 Å². The van der Waals surface area contributed by atoms with Crippen LogP contribution in [0, 0.1) is 6.92 Å². The summed E-state index contributed by atoms with van der Waals surface area (Å²) in [6, 6.07) is 0. The van der Waals surface area contributed by atoms with Crippen molar-refractivity contribution < 1.29 is 18.3 Å². The maximum absolute atomic E-state index is 12.3. The Morgan fingerprint density at radius 3 is 2.70 bits per heavy atom. The quantitative estimate of drug-likeness (QED) is 0.889. The molecule has 0 bridgehead atoms. The molecule has 20 heavy (non-hydrogen) atoms. The number of hydrogen-bond acceptors (Lipinski definition) is 5. The second kappa shape index (κ2) is 5.08. The average molecular weight is 336 g/mol. The number of nitrogens with one attached hydrogen (secondary N) is 1. The monoisotopic (exact) mass is 335 g/mol. The molecule has 2 heterocycles. The number of thiophene rings is 1. The van der Waals surface area contributed by atoms with Crippen LogP contribution < -0.4 is 4.72 Å². The van der Waals surface area contributed by atoms with Gasteiger partial charge in [0.1, 0.15) is 4.88 Å². The molecule has 0 radical (unpaired) electrons. The first-order chi connectivity index (χ1) is 9.24. The molecule has 7 nitrogen and oxygen atoms in total. The SMILES string of the molecule is Cc1csc(C(=O)O)c1NS(=O)(=O)c1c(Cl)cnn1C. The van der Waals surface area contributed by atoms with Gasteiger partial charge in [-0.1, -0.05) is 11.6 Å². The zero-order valence-corrected chi connectivity index (χ0v) is 12.8. The van der Waals surface area contributed by atoms with E-state index in [-0.39, 0.29) is 20.6 Å². The van der Waals surface area contributed by atoms with Crippen LogP contribution in [-0.4, -0.2) is 29.3 Å². The number of hydrogen-bond donors (Lipinski definition) is 2. The zero-order chi connectivity index (χ0) is 15.1. The first-order valence-corrected chi connectivity index (χ1v) is 8.00. The highest BCUT2D eigenvalue weighted by Gasteiger charge is 2.26. The van der Waals surface area contributed by atoms with Gasteiger partial charge in [-0.3, -0.25) is 9.40 Å². The molecule has 0 saturated carbocycles. The van der Waals surface area contributed by atoms with Gasteiger partial charge in [-0.25, -0.2) is 4.79 Å². The maximum Gasteiger partial charge on any atom is 0.348 e. The number of carboxylic acids is 1. The first kappa shape index (κ1) is 14.8. The number of nitrogens with zero attached hydrogens (tertiary/aromatic N) is 2. The van der Waals surface area contributed by atoms with E-state index in [0.717, 1.165) is 16.0 Å². The molecule has 2 aromatic rings. The van der Waals surface area contributed by atoms with Gasteiger partial charge in [0.2, 0.25) is 0 Å². The summed E-state index contributed by atoms with van der Waals surface area (Å²) < 4.78 is 27.9. The molecule has 0 unspecified atom stereocenters. The van der Waals surface area contributed by atoms with Crippen molar-refractivity contribution in [1.29, 1.82) is 0 Å². The zero-order valence-electron chi connectivity index (χ0n) is 10.4. The van der Waals surface area contributed by atoms with Crippen LogP contribution in [0.3, 0.4) is 0 Å². The third-order valence-corrected chi connectivity index (χ3v) is 5.44. The summed E-state index contributed by atoms with van der Waals surface area (Å²) >= 11 is 6.74. The summed E-state index contributed by atoms with van der Waals surface area (Å²) in [7, 11) is -2.59. The van der Waals surface area contributed by atoms with E-state index in [0.29, 0.717) is 5.56 Å². The number of aromatic carboxylic acids is 1. The third-order valence-electron chi connectivity index (χ3n) is 2.50. The lowest BCUT2D eigenvalue weighted by atomic mass is 10.3. The van der Waals surface area contributed by atoms with Gasteiger partial charge in [0, 0.05) is 7.05 Å². The van der Waals surface area contributed by atoms with Crippen molar-refractivity contribution in [2.45, 2.75) is 11.9 Å². The van der Waals surface area contributed by atoms with Crippen LogP contribution in [0.5, 0.6) is 0 Å². The number of sulfonamides is 1. The first-order valence-electron chi connectivity index (χ1n) is 5.25. The molecule has 2 N–H and O–H groups in total. The Morgan fingerprint density at radius 2 is 2.20 bits per heavy atom. The molecular formula is C10H10ClN3O4S2. The Kier molecular flexibility index (Phi) is 3.76.